The van der Waals surface area contributed by atoms with Gasteiger partial charge in [0.25, 0.3) is 0 Å². The molecule has 3 saturated heterocycles. The second-order valence-corrected chi connectivity index (χ2v) is 11.5. The zero-order valence-electron chi connectivity index (χ0n) is 21.4. The van der Waals surface area contributed by atoms with Crippen LogP contribution in [-0.4, -0.2) is 67.9 Å². The molecule has 9 heteroatoms. The van der Waals surface area contributed by atoms with E-state index >= 15 is 0 Å². The molecule has 0 aromatic carbocycles. The predicted octanol–water partition coefficient (Wildman–Crippen LogP) is 2.78. The first-order valence-corrected chi connectivity index (χ1v) is 12.9. The highest BCUT2D eigenvalue weighted by Crippen LogP contribution is 2.70. The Balaban J connectivity index is 1.61. The third-order valence-corrected chi connectivity index (χ3v) is 9.85. The molecule has 1 spiro atoms. The molecule has 0 bridgehead atoms. The highest BCUT2D eigenvalue weighted by molar-refractivity contribution is 5.67. The van der Waals surface area contributed by atoms with Crippen molar-refractivity contribution < 1.29 is 42.8 Å². The van der Waals surface area contributed by atoms with E-state index in [4.69, 9.17) is 28.4 Å². The van der Waals surface area contributed by atoms with E-state index in [1.165, 1.54) is 20.8 Å². The second-order valence-electron chi connectivity index (χ2n) is 11.5. The molecule has 5 fully saturated rings. The van der Waals surface area contributed by atoms with Crippen LogP contribution in [0.25, 0.3) is 0 Å². The molecule has 0 N–H and O–H groups in total. The van der Waals surface area contributed by atoms with Gasteiger partial charge in [0, 0.05) is 32.1 Å². The lowest BCUT2D eigenvalue weighted by Gasteiger charge is -2.64. The van der Waals surface area contributed by atoms with Crippen LogP contribution in [0.2, 0.25) is 0 Å². The van der Waals surface area contributed by atoms with Gasteiger partial charge in [-0.15, -0.1) is 0 Å². The minimum absolute atomic E-state index is 0.0289. The van der Waals surface area contributed by atoms with Crippen LogP contribution >= 0.6 is 0 Å². The molecule has 2 saturated carbocycles. The first-order chi connectivity index (χ1) is 16.5. The second kappa shape index (κ2) is 8.70. The smallest absolute Gasteiger partial charge is 0.303 e. The Morgan fingerprint density at radius 3 is 2.23 bits per heavy atom. The van der Waals surface area contributed by atoms with Crippen molar-refractivity contribution >= 4 is 17.9 Å². The standard InChI is InChI=1S/C26H38O9/c1-14-10-22(34-17(4)29)25(12-31-15(2)27)19(6-7-20(33-16(3)28)26(25)13-32-26)24(14,5)21-11-18-8-9-30-23(18)35-21/h14,18-23H,6-13H2,1-5H3/t14-,18-,19-,20+,21+,22+,23+,24+,25+,26-/m1/s1. The summed E-state index contributed by atoms with van der Waals surface area (Å²) >= 11 is 0. The Bertz CT molecular complexity index is 872. The maximum atomic E-state index is 12.3. The van der Waals surface area contributed by atoms with Crippen LogP contribution < -0.4 is 0 Å². The maximum Gasteiger partial charge on any atom is 0.303 e. The average molecular weight is 495 g/mol. The van der Waals surface area contributed by atoms with E-state index < -0.39 is 35.2 Å². The maximum absolute atomic E-state index is 12.3. The van der Waals surface area contributed by atoms with E-state index in [-0.39, 0.29) is 42.2 Å². The topological polar surface area (TPSA) is 110 Å². The Hall–Kier alpha value is -1.71. The van der Waals surface area contributed by atoms with Gasteiger partial charge in [-0.1, -0.05) is 13.8 Å². The summed E-state index contributed by atoms with van der Waals surface area (Å²) in [6.45, 7) is 9.74. The SMILES string of the molecule is CC(=O)OC[C@@]12[C@@H](OC(C)=O)C[C@@H](C)[C@](C)([C@@H]3C[C@H]4CCO[C@H]4O3)[C@H]1CC[C@H](OC(C)=O)[C@]21CO1. The lowest BCUT2D eigenvalue weighted by atomic mass is 9.42. The lowest BCUT2D eigenvalue weighted by molar-refractivity contribution is -0.270. The molecule has 5 rings (SSSR count). The summed E-state index contributed by atoms with van der Waals surface area (Å²) < 4.78 is 36.2. The molecule has 10 atom stereocenters. The fraction of sp³-hybridized carbons (Fsp3) is 0.885. The number of ether oxygens (including phenoxy) is 6. The van der Waals surface area contributed by atoms with Gasteiger partial charge >= 0.3 is 17.9 Å². The van der Waals surface area contributed by atoms with Crippen molar-refractivity contribution in [2.24, 2.45) is 28.6 Å². The fourth-order valence-corrected chi connectivity index (χ4v) is 8.09. The van der Waals surface area contributed by atoms with Gasteiger partial charge < -0.3 is 28.4 Å². The van der Waals surface area contributed by atoms with Gasteiger partial charge in [0.1, 0.15) is 24.4 Å². The molecule has 3 aliphatic heterocycles. The molecule has 5 aliphatic rings. The van der Waals surface area contributed by atoms with Gasteiger partial charge in [-0.05, 0) is 43.9 Å². The molecule has 3 heterocycles. The van der Waals surface area contributed by atoms with E-state index in [0.29, 0.717) is 31.8 Å². The first-order valence-electron chi connectivity index (χ1n) is 12.9. The molecule has 2 aliphatic carbocycles. The van der Waals surface area contributed by atoms with Crippen molar-refractivity contribution in [1.82, 2.24) is 0 Å². The molecule has 35 heavy (non-hydrogen) atoms. The van der Waals surface area contributed by atoms with Crippen molar-refractivity contribution in [3.8, 4) is 0 Å². The Morgan fingerprint density at radius 2 is 1.63 bits per heavy atom. The van der Waals surface area contributed by atoms with E-state index in [1.807, 2.05) is 0 Å². The van der Waals surface area contributed by atoms with Crippen molar-refractivity contribution in [3.63, 3.8) is 0 Å². The molecule has 9 nitrogen and oxygen atoms in total. The highest BCUT2D eigenvalue weighted by atomic mass is 16.7. The monoisotopic (exact) mass is 494 g/mol. The van der Waals surface area contributed by atoms with Gasteiger partial charge in [0.15, 0.2) is 6.29 Å². The van der Waals surface area contributed by atoms with Crippen LogP contribution in [0.3, 0.4) is 0 Å². The van der Waals surface area contributed by atoms with E-state index in [2.05, 4.69) is 13.8 Å². The van der Waals surface area contributed by atoms with Crippen LogP contribution in [-0.2, 0) is 42.8 Å². The van der Waals surface area contributed by atoms with Crippen molar-refractivity contribution in [2.75, 3.05) is 19.8 Å². The van der Waals surface area contributed by atoms with Crippen LogP contribution in [0.5, 0.6) is 0 Å². The normalized spacial score (nSPS) is 48.1. The number of carbonyl (C=O) groups excluding carboxylic acids is 3. The third kappa shape index (κ3) is 3.72. The van der Waals surface area contributed by atoms with E-state index in [1.54, 1.807) is 0 Å². The van der Waals surface area contributed by atoms with Crippen molar-refractivity contribution in [2.45, 2.75) is 96.9 Å². The molecule has 196 valence electrons. The quantitative estimate of drug-likeness (QED) is 0.324. The Morgan fingerprint density at radius 1 is 0.943 bits per heavy atom. The molecule has 0 amide bonds. The number of hydrogen-bond acceptors (Lipinski definition) is 9. The highest BCUT2D eigenvalue weighted by Gasteiger charge is 2.80. The molecular formula is C26H38O9. The summed E-state index contributed by atoms with van der Waals surface area (Å²) in [6.07, 6.45) is 2.52. The van der Waals surface area contributed by atoms with Crippen LogP contribution in [0.1, 0.15) is 66.7 Å². The zero-order valence-corrected chi connectivity index (χ0v) is 21.4. The summed E-state index contributed by atoms with van der Waals surface area (Å²) in [7, 11) is 0. The van der Waals surface area contributed by atoms with Crippen molar-refractivity contribution in [1.29, 1.82) is 0 Å². The summed E-state index contributed by atoms with van der Waals surface area (Å²) in [4.78, 5) is 36.4. The van der Waals surface area contributed by atoms with Crippen LogP contribution in [0, 0.1) is 28.6 Å². The number of carbonyl (C=O) groups is 3. The number of fused-ring (bicyclic) bond motifs is 3. The fourth-order valence-electron chi connectivity index (χ4n) is 8.09. The average Bonchev–Trinajstić information content (AvgIpc) is 3.26. The number of hydrogen-bond donors (Lipinski definition) is 0. The predicted molar refractivity (Wildman–Crippen MR) is 121 cm³/mol. The van der Waals surface area contributed by atoms with Gasteiger partial charge in [0.2, 0.25) is 0 Å². The molecule has 0 unspecified atom stereocenters. The van der Waals surface area contributed by atoms with Gasteiger partial charge in [0.05, 0.1) is 24.7 Å². The Labute approximate surface area is 206 Å². The number of esters is 3. The summed E-state index contributed by atoms with van der Waals surface area (Å²) in [5.74, 6) is -0.705. The van der Waals surface area contributed by atoms with E-state index in [9.17, 15) is 14.4 Å². The minimum Gasteiger partial charge on any atom is -0.465 e. The van der Waals surface area contributed by atoms with Crippen LogP contribution in [0.15, 0.2) is 0 Å². The Kier molecular flexibility index (Phi) is 6.20. The number of epoxide rings is 1. The van der Waals surface area contributed by atoms with Crippen molar-refractivity contribution in [3.05, 3.63) is 0 Å². The van der Waals surface area contributed by atoms with Gasteiger partial charge in [-0.3, -0.25) is 14.4 Å². The van der Waals surface area contributed by atoms with E-state index in [0.717, 1.165) is 19.4 Å². The molecular weight excluding hydrogens is 456 g/mol. The molecule has 0 aromatic rings. The van der Waals surface area contributed by atoms with Gasteiger partial charge in [-0.25, -0.2) is 0 Å². The minimum atomic E-state index is -0.885. The molecule has 0 aromatic heterocycles. The summed E-state index contributed by atoms with van der Waals surface area (Å²) in [6, 6.07) is 0. The van der Waals surface area contributed by atoms with Crippen LogP contribution in [0.4, 0.5) is 0 Å². The first kappa shape index (κ1) is 25.0. The number of rotatable bonds is 5. The zero-order chi connectivity index (χ0) is 25.2. The van der Waals surface area contributed by atoms with Gasteiger partial charge in [-0.2, -0.15) is 0 Å². The summed E-state index contributed by atoms with van der Waals surface area (Å²) in [5, 5.41) is 0. The lowest BCUT2D eigenvalue weighted by Crippen LogP contribution is -2.72. The largest absolute Gasteiger partial charge is 0.465 e. The third-order valence-electron chi connectivity index (χ3n) is 9.85. The molecule has 0 radical (unpaired) electrons. The summed E-state index contributed by atoms with van der Waals surface area (Å²) in [5.41, 5.74) is -2.07.